The van der Waals surface area contributed by atoms with Crippen molar-refractivity contribution in [2.75, 3.05) is 14.2 Å². The standard InChI is InChI=1S/C20H22N4O4/c1-27-16-7-3-14(4-8-16)11-21-20(26)19-22-13-24(23-19)12-18(25)15-5-9-17(28-2)10-6-15/h3-10,13,18,25H,11-12H2,1-2H3,(H,21,26)/t18-/m0/s1. The normalized spacial score (nSPS) is 11.7. The molecule has 8 nitrogen and oxygen atoms in total. The van der Waals surface area contributed by atoms with E-state index in [1.807, 2.05) is 24.3 Å². The van der Waals surface area contributed by atoms with Gasteiger partial charge in [0, 0.05) is 6.54 Å². The number of amides is 1. The molecule has 0 aliphatic rings. The predicted molar refractivity (Wildman–Crippen MR) is 102 cm³/mol. The third kappa shape index (κ3) is 4.86. The number of hydrogen-bond donors (Lipinski definition) is 2. The molecule has 1 heterocycles. The third-order valence-electron chi connectivity index (χ3n) is 4.21. The number of aliphatic hydroxyl groups is 1. The van der Waals surface area contributed by atoms with Gasteiger partial charge >= 0.3 is 0 Å². The first kappa shape index (κ1) is 19.4. The molecule has 0 bridgehead atoms. The second-order valence-corrected chi connectivity index (χ2v) is 6.11. The summed E-state index contributed by atoms with van der Waals surface area (Å²) in [6, 6.07) is 14.5. The van der Waals surface area contributed by atoms with Crippen molar-refractivity contribution in [1.29, 1.82) is 0 Å². The second kappa shape index (κ2) is 9.01. The first-order valence-corrected chi connectivity index (χ1v) is 8.71. The van der Waals surface area contributed by atoms with Gasteiger partial charge in [0.1, 0.15) is 17.8 Å². The Bertz CT molecular complexity index is 907. The number of aliphatic hydroxyl groups excluding tert-OH is 1. The van der Waals surface area contributed by atoms with Gasteiger partial charge in [-0.1, -0.05) is 24.3 Å². The minimum Gasteiger partial charge on any atom is -0.497 e. The van der Waals surface area contributed by atoms with Crippen molar-refractivity contribution >= 4 is 5.91 Å². The van der Waals surface area contributed by atoms with Gasteiger partial charge in [-0.25, -0.2) is 9.67 Å². The van der Waals surface area contributed by atoms with Crippen molar-refractivity contribution in [3.63, 3.8) is 0 Å². The number of rotatable bonds is 8. The lowest BCUT2D eigenvalue weighted by atomic mass is 10.1. The van der Waals surface area contributed by atoms with Crippen LogP contribution in [0.25, 0.3) is 0 Å². The van der Waals surface area contributed by atoms with Crippen LogP contribution < -0.4 is 14.8 Å². The molecule has 0 spiro atoms. The maximum Gasteiger partial charge on any atom is 0.291 e. The molecule has 2 N–H and O–H groups in total. The van der Waals surface area contributed by atoms with Crippen LogP contribution in [0.5, 0.6) is 11.5 Å². The Kier molecular flexibility index (Phi) is 6.23. The summed E-state index contributed by atoms with van der Waals surface area (Å²) in [5.74, 6) is 1.14. The van der Waals surface area contributed by atoms with Gasteiger partial charge in [-0.3, -0.25) is 4.79 Å². The molecule has 3 rings (SSSR count). The minimum atomic E-state index is -0.775. The van der Waals surface area contributed by atoms with Crippen LogP contribution in [0.15, 0.2) is 54.9 Å². The Morgan fingerprint density at radius 1 is 1.07 bits per heavy atom. The van der Waals surface area contributed by atoms with Gasteiger partial charge in [-0.15, -0.1) is 5.10 Å². The highest BCUT2D eigenvalue weighted by Gasteiger charge is 2.14. The van der Waals surface area contributed by atoms with Crippen molar-refractivity contribution < 1.29 is 19.4 Å². The molecule has 8 heteroatoms. The number of nitrogens with one attached hydrogen (secondary N) is 1. The van der Waals surface area contributed by atoms with Crippen LogP contribution in [0.3, 0.4) is 0 Å². The maximum atomic E-state index is 12.2. The quantitative estimate of drug-likeness (QED) is 0.618. The molecule has 0 unspecified atom stereocenters. The summed E-state index contributed by atoms with van der Waals surface area (Å²) in [5.41, 5.74) is 1.66. The van der Waals surface area contributed by atoms with E-state index in [1.165, 1.54) is 11.0 Å². The molecule has 0 aliphatic carbocycles. The average molecular weight is 382 g/mol. The molecule has 1 amide bonds. The highest BCUT2D eigenvalue weighted by Crippen LogP contribution is 2.18. The fraction of sp³-hybridized carbons (Fsp3) is 0.250. The maximum absolute atomic E-state index is 12.2. The van der Waals surface area contributed by atoms with E-state index in [-0.39, 0.29) is 18.3 Å². The highest BCUT2D eigenvalue weighted by molar-refractivity contribution is 5.90. The lowest BCUT2D eigenvalue weighted by molar-refractivity contribution is 0.0938. The van der Waals surface area contributed by atoms with Gasteiger partial charge in [0.15, 0.2) is 0 Å². The van der Waals surface area contributed by atoms with Crippen molar-refractivity contribution in [3.8, 4) is 11.5 Å². The van der Waals surface area contributed by atoms with Crippen molar-refractivity contribution in [3.05, 3.63) is 71.8 Å². The number of aromatic nitrogens is 3. The van der Waals surface area contributed by atoms with E-state index >= 15 is 0 Å². The van der Waals surface area contributed by atoms with E-state index in [1.54, 1.807) is 38.5 Å². The van der Waals surface area contributed by atoms with Crippen molar-refractivity contribution in [1.82, 2.24) is 20.1 Å². The van der Waals surface area contributed by atoms with Crippen LogP contribution in [0.1, 0.15) is 27.8 Å². The van der Waals surface area contributed by atoms with Gasteiger partial charge in [-0.2, -0.15) is 0 Å². The number of hydrogen-bond acceptors (Lipinski definition) is 6. The minimum absolute atomic E-state index is 0.0513. The molecule has 0 fully saturated rings. The van der Waals surface area contributed by atoms with Gasteiger partial charge in [0.2, 0.25) is 5.82 Å². The third-order valence-corrected chi connectivity index (χ3v) is 4.21. The van der Waals surface area contributed by atoms with Crippen LogP contribution in [-0.2, 0) is 13.1 Å². The molecular weight excluding hydrogens is 360 g/mol. The van der Waals surface area contributed by atoms with E-state index in [0.29, 0.717) is 12.3 Å². The van der Waals surface area contributed by atoms with Crippen LogP contribution in [0.4, 0.5) is 0 Å². The fourth-order valence-corrected chi connectivity index (χ4v) is 2.60. The van der Waals surface area contributed by atoms with Crippen molar-refractivity contribution in [2.45, 2.75) is 19.2 Å². The van der Waals surface area contributed by atoms with Gasteiger partial charge < -0.3 is 19.9 Å². The Balaban J connectivity index is 1.55. The summed E-state index contributed by atoms with van der Waals surface area (Å²) in [4.78, 5) is 16.2. The Morgan fingerprint density at radius 2 is 1.68 bits per heavy atom. The SMILES string of the molecule is COc1ccc(CNC(=O)c2ncn(C[C@H](O)c3ccc(OC)cc3)n2)cc1. The highest BCUT2D eigenvalue weighted by atomic mass is 16.5. The Labute approximate surface area is 162 Å². The zero-order valence-electron chi connectivity index (χ0n) is 15.7. The number of methoxy groups -OCH3 is 2. The molecule has 0 aliphatic heterocycles. The number of benzene rings is 2. The first-order chi connectivity index (χ1) is 13.6. The number of ether oxygens (including phenoxy) is 2. The molecule has 1 atom stereocenters. The number of carbonyl (C=O) groups excluding carboxylic acids is 1. The summed E-state index contributed by atoms with van der Waals surface area (Å²) >= 11 is 0. The van der Waals surface area contributed by atoms with Gasteiger partial charge in [0.05, 0.1) is 26.9 Å². The van der Waals surface area contributed by atoms with E-state index < -0.39 is 6.10 Å². The summed E-state index contributed by atoms with van der Waals surface area (Å²) in [7, 11) is 3.19. The van der Waals surface area contributed by atoms with E-state index in [9.17, 15) is 9.90 Å². The molecule has 0 saturated heterocycles. The van der Waals surface area contributed by atoms with E-state index in [4.69, 9.17) is 9.47 Å². The first-order valence-electron chi connectivity index (χ1n) is 8.71. The second-order valence-electron chi connectivity index (χ2n) is 6.11. The summed E-state index contributed by atoms with van der Waals surface area (Å²) in [5, 5.41) is 17.2. The molecular formula is C20H22N4O4. The molecule has 0 radical (unpaired) electrons. The van der Waals surface area contributed by atoms with Crippen molar-refractivity contribution in [2.24, 2.45) is 0 Å². The van der Waals surface area contributed by atoms with Gasteiger partial charge in [-0.05, 0) is 35.4 Å². The summed E-state index contributed by atoms with van der Waals surface area (Å²) < 4.78 is 11.7. The van der Waals surface area contributed by atoms with Crippen LogP contribution in [0, 0.1) is 0 Å². The summed E-state index contributed by atoms with van der Waals surface area (Å²) in [6.45, 7) is 0.539. The van der Waals surface area contributed by atoms with Gasteiger partial charge in [0.25, 0.3) is 5.91 Å². The largest absolute Gasteiger partial charge is 0.497 e. The lowest BCUT2D eigenvalue weighted by Gasteiger charge is -2.11. The molecule has 146 valence electrons. The molecule has 2 aromatic carbocycles. The number of carbonyl (C=O) groups is 1. The summed E-state index contributed by atoms with van der Waals surface area (Å²) in [6.07, 6.45) is 0.650. The topological polar surface area (TPSA) is 98.5 Å². The molecule has 28 heavy (non-hydrogen) atoms. The predicted octanol–water partition coefficient (Wildman–Crippen LogP) is 1.96. The molecule has 1 aromatic heterocycles. The number of nitrogens with zero attached hydrogens (tertiary/aromatic N) is 3. The van der Waals surface area contributed by atoms with E-state index in [0.717, 1.165) is 16.9 Å². The van der Waals surface area contributed by atoms with Crippen LogP contribution >= 0.6 is 0 Å². The zero-order chi connectivity index (χ0) is 19.9. The average Bonchev–Trinajstić information content (AvgIpc) is 3.21. The lowest BCUT2D eigenvalue weighted by Crippen LogP contribution is -2.24. The monoisotopic (exact) mass is 382 g/mol. The fourth-order valence-electron chi connectivity index (χ4n) is 2.60. The van der Waals surface area contributed by atoms with Crippen LogP contribution in [-0.4, -0.2) is 40.0 Å². The molecule has 3 aromatic rings. The van der Waals surface area contributed by atoms with Crippen LogP contribution in [0.2, 0.25) is 0 Å². The Hall–Kier alpha value is -3.39. The Morgan fingerprint density at radius 3 is 2.29 bits per heavy atom. The smallest absolute Gasteiger partial charge is 0.291 e. The zero-order valence-corrected chi connectivity index (χ0v) is 15.7. The van der Waals surface area contributed by atoms with E-state index in [2.05, 4.69) is 15.4 Å². The molecule has 0 saturated carbocycles.